The minimum atomic E-state index is -0.198. The van der Waals surface area contributed by atoms with Crippen LogP contribution in [0.5, 0.6) is 0 Å². The van der Waals surface area contributed by atoms with E-state index in [0.717, 1.165) is 18.4 Å². The molecule has 4 nitrogen and oxygen atoms in total. The molecule has 0 spiro atoms. The Morgan fingerprint density at radius 1 is 1.29 bits per heavy atom. The van der Waals surface area contributed by atoms with Gasteiger partial charge in [0.05, 0.1) is 0 Å². The number of carbonyl (C=O) groups excluding carboxylic acids is 2. The van der Waals surface area contributed by atoms with Gasteiger partial charge in [0.25, 0.3) is 0 Å². The fourth-order valence-corrected chi connectivity index (χ4v) is 1.55. The number of amides is 2. The van der Waals surface area contributed by atoms with Crippen LogP contribution >= 0.6 is 0 Å². The highest BCUT2D eigenvalue weighted by atomic mass is 16.2. The molecule has 0 heterocycles. The number of nitrogens with one attached hydrogen (secondary N) is 2. The van der Waals surface area contributed by atoms with Gasteiger partial charge >= 0.3 is 6.03 Å². The van der Waals surface area contributed by atoms with Gasteiger partial charge in [-0.15, -0.1) is 0 Å². The lowest BCUT2D eigenvalue weighted by Crippen LogP contribution is -2.30. The van der Waals surface area contributed by atoms with Crippen molar-refractivity contribution in [2.75, 3.05) is 5.32 Å². The van der Waals surface area contributed by atoms with E-state index in [2.05, 4.69) is 10.6 Å². The normalized spacial score (nSPS) is 14.2. The largest absolute Gasteiger partial charge is 0.335 e. The number of aryl methyl sites for hydroxylation is 1. The van der Waals surface area contributed by atoms with Crippen LogP contribution in [-0.2, 0) is 0 Å². The standard InChI is InChI=1S/C13H16N2O2/c1-8-3-4-10(9(2)16)7-12(8)15-13(17)14-11-5-6-11/h3-4,7,11H,5-6H2,1-2H3,(H2,14,15,17). The fraction of sp³-hybridized carbons (Fsp3) is 0.385. The predicted octanol–water partition coefficient (Wildman–Crippen LogP) is 2.48. The first kappa shape index (κ1) is 11.6. The van der Waals surface area contributed by atoms with Crippen molar-refractivity contribution in [3.63, 3.8) is 0 Å². The minimum absolute atomic E-state index is 0.00403. The van der Waals surface area contributed by atoms with Crippen LogP contribution in [0.2, 0.25) is 0 Å². The number of ketones is 1. The van der Waals surface area contributed by atoms with Gasteiger partial charge in [-0.1, -0.05) is 12.1 Å². The third-order valence-corrected chi connectivity index (χ3v) is 2.80. The van der Waals surface area contributed by atoms with Gasteiger partial charge in [-0.05, 0) is 38.3 Å². The summed E-state index contributed by atoms with van der Waals surface area (Å²) in [6.07, 6.45) is 2.11. The Labute approximate surface area is 100 Å². The number of hydrogen-bond donors (Lipinski definition) is 2. The van der Waals surface area contributed by atoms with E-state index in [4.69, 9.17) is 0 Å². The van der Waals surface area contributed by atoms with Crippen LogP contribution in [0, 0.1) is 6.92 Å². The van der Waals surface area contributed by atoms with E-state index in [0.29, 0.717) is 17.3 Å². The molecule has 1 saturated carbocycles. The quantitative estimate of drug-likeness (QED) is 0.786. The van der Waals surface area contributed by atoms with Gasteiger partial charge in [0, 0.05) is 17.3 Å². The first-order valence-corrected chi connectivity index (χ1v) is 5.75. The van der Waals surface area contributed by atoms with Crippen molar-refractivity contribution in [2.45, 2.75) is 32.7 Å². The van der Waals surface area contributed by atoms with Crippen LogP contribution in [0.4, 0.5) is 10.5 Å². The number of carbonyl (C=O) groups is 2. The second-order valence-electron chi connectivity index (χ2n) is 4.46. The second kappa shape index (κ2) is 4.57. The lowest BCUT2D eigenvalue weighted by Gasteiger charge is -2.10. The van der Waals surface area contributed by atoms with Crippen LogP contribution in [0.1, 0.15) is 35.7 Å². The number of benzene rings is 1. The van der Waals surface area contributed by atoms with Crippen molar-refractivity contribution in [1.82, 2.24) is 5.32 Å². The molecule has 2 rings (SSSR count). The van der Waals surface area contributed by atoms with Crippen LogP contribution < -0.4 is 10.6 Å². The maximum absolute atomic E-state index is 11.6. The van der Waals surface area contributed by atoms with Gasteiger partial charge in [-0.2, -0.15) is 0 Å². The Balaban J connectivity index is 2.09. The third kappa shape index (κ3) is 3.06. The molecule has 1 fully saturated rings. The topological polar surface area (TPSA) is 58.2 Å². The van der Waals surface area contributed by atoms with Gasteiger partial charge in [0.2, 0.25) is 0 Å². The summed E-state index contributed by atoms with van der Waals surface area (Å²) in [5.41, 5.74) is 2.24. The predicted molar refractivity (Wildman–Crippen MR) is 66.4 cm³/mol. The smallest absolute Gasteiger partial charge is 0.319 e. The van der Waals surface area contributed by atoms with E-state index < -0.39 is 0 Å². The van der Waals surface area contributed by atoms with Crippen molar-refractivity contribution in [1.29, 1.82) is 0 Å². The number of urea groups is 1. The third-order valence-electron chi connectivity index (χ3n) is 2.80. The molecule has 0 saturated heterocycles. The van der Waals surface area contributed by atoms with E-state index >= 15 is 0 Å². The van der Waals surface area contributed by atoms with Gasteiger partial charge in [-0.25, -0.2) is 4.79 Å². The average Bonchev–Trinajstić information content (AvgIpc) is 3.04. The van der Waals surface area contributed by atoms with Crippen molar-refractivity contribution < 1.29 is 9.59 Å². The van der Waals surface area contributed by atoms with Crippen LogP contribution in [0.25, 0.3) is 0 Å². The minimum Gasteiger partial charge on any atom is -0.335 e. The highest BCUT2D eigenvalue weighted by molar-refractivity contribution is 5.97. The maximum atomic E-state index is 11.6. The van der Waals surface area contributed by atoms with Crippen molar-refractivity contribution in [3.8, 4) is 0 Å². The van der Waals surface area contributed by atoms with Gasteiger partial charge in [0.15, 0.2) is 5.78 Å². The molecule has 0 radical (unpaired) electrons. The van der Waals surface area contributed by atoms with Gasteiger partial charge < -0.3 is 10.6 Å². The SMILES string of the molecule is CC(=O)c1ccc(C)c(NC(=O)NC2CC2)c1. The zero-order chi connectivity index (χ0) is 12.4. The number of anilines is 1. The molecule has 0 aliphatic heterocycles. The Morgan fingerprint density at radius 2 is 2.00 bits per heavy atom. The van der Waals surface area contributed by atoms with Crippen molar-refractivity contribution >= 4 is 17.5 Å². The molecule has 0 aromatic heterocycles. The lowest BCUT2D eigenvalue weighted by molar-refractivity contribution is 0.101. The summed E-state index contributed by atoms with van der Waals surface area (Å²) in [5, 5.41) is 5.62. The first-order chi connectivity index (χ1) is 8.06. The summed E-state index contributed by atoms with van der Waals surface area (Å²) in [6.45, 7) is 3.41. The molecule has 90 valence electrons. The Morgan fingerprint density at radius 3 is 2.59 bits per heavy atom. The molecule has 0 bridgehead atoms. The van der Waals surface area contributed by atoms with E-state index in [1.807, 2.05) is 13.0 Å². The number of rotatable bonds is 3. The van der Waals surface area contributed by atoms with Gasteiger partial charge in [0.1, 0.15) is 0 Å². The molecule has 4 heteroatoms. The highest BCUT2D eigenvalue weighted by Gasteiger charge is 2.23. The van der Waals surface area contributed by atoms with Crippen molar-refractivity contribution in [2.24, 2.45) is 0 Å². The lowest BCUT2D eigenvalue weighted by atomic mass is 10.1. The molecule has 2 N–H and O–H groups in total. The van der Waals surface area contributed by atoms with E-state index in [9.17, 15) is 9.59 Å². The molecule has 1 aromatic carbocycles. The summed E-state index contributed by atoms with van der Waals surface area (Å²) in [7, 11) is 0. The molecule has 17 heavy (non-hydrogen) atoms. The Bertz CT molecular complexity index is 464. The number of Topliss-reactive ketones (excluding diaryl/α,β-unsaturated/α-hetero) is 1. The Hall–Kier alpha value is -1.84. The monoisotopic (exact) mass is 232 g/mol. The molecule has 0 atom stereocenters. The fourth-order valence-electron chi connectivity index (χ4n) is 1.55. The van der Waals surface area contributed by atoms with Crippen LogP contribution in [0.3, 0.4) is 0 Å². The van der Waals surface area contributed by atoms with Crippen LogP contribution in [-0.4, -0.2) is 17.9 Å². The molecule has 1 aliphatic rings. The second-order valence-corrected chi connectivity index (χ2v) is 4.46. The highest BCUT2D eigenvalue weighted by Crippen LogP contribution is 2.20. The maximum Gasteiger partial charge on any atom is 0.319 e. The van der Waals surface area contributed by atoms with E-state index in [-0.39, 0.29) is 11.8 Å². The first-order valence-electron chi connectivity index (χ1n) is 5.75. The van der Waals surface area contributed by atoms with E-state index in [1.165, 1.54) is 6.92 Å². The number of hydrogen-bond acceptors (Lipinski definition) is 2. The molecule has 1 aliphatic carbocycles. The zero-order valence-electron chi connectivity index (χ0n) is 10.0. The molecular weight excluding hydrogens is 216 g/mol. The zero-order valence-corrected chi connectivity index (χ0v) is 10.0. The molecule has 1 aromatic rings. The molecular formula is C13H16N2O2. The average molecular weight is 232 g/mol. The van der Waals surface area contributed by atoms with E-state index in [1.54, 1.807) is 12.1 Å². The van der Waals surface area contributed by atoms with Crippen LogP contribution in [0.15, 0.2) is 18.2 Å². The summed E-state index contributed by atoms with van der Waals surface area (Å²) in [4.78, 5) is 22.8. The summed E-state index contributed by atoms with van der Waals surface area (Å²) in [5.74, 6) is -0.00403. The van der Waals surface area contributed by atoms with Gasteiger partial charge in [-0.3, -0.25) is 4.79 Å². The summed E-state index contributed by atoms with van der Waals surface area (Å²) < 4.78 is 0. The summed E-state index contributed by atoms with van der Waals surface area (Å²) >= 11 is 0. The molecule has 0 unspecified atom stereocenters. The Kier molecular flexibility index (Phi) is 3.13. The molecule has 2 amide bonds. The summed E-state index contributed by atoms with van der Waals surface area (Å²) in [6, 6.07) is 5.44. The van der Waals surface area contributed by atoms with Crippen molar-refractivity contribution in [3.05, 3.63) is 29.3 Å².